The number of amidine groups is 1. The lowest BCUT2D eigenvalue weighted by Gasteiger charge is -2.25. The predicted octanol–water partition coefficient (Wildman–Crippen LogP) is 3.72. The maximum absolute atomic E-state index is 12.9. The van der Waals surface area contributed by atoms with Crippen molar-refractivity contribution in [3.05, 3.63) is 54.1 Å². The first-order chi connectivity index (χ1) is 15.9. The number of benzene rings is 2. The summed E-state index contributed by atoms with van der Waals surface area (Å²) < 4.78 is 35.8. The number of ether oxygens (including phenoxy) is 2. The fourth-order valence-corrected chi connectivity index (χ4v) is 8.01. The standard InChI is InChI=1S/C24H28N2O5S2/c1-3-4-12-31-19-10-7-9-18(14-19)26-20-15-33(28,29)16-22(20)32-24(26)25-23(27)13-17-8-5-6-11-21(17)30-2/h5-11,14,20,22H,3-4,12-13,15-16H2,1-2H3/t20-,22+/m0/s1. The summed E-state index contributed by atoms with van der Waals surface area (Å²) >= 11 is 1.37. The highest BCUT2D eigenvalue weighted by molar-refractivity contribution is 8.16. The number of carbonyl (C=O) groups is 1. The van der Waals surface area contributed by atoms with E-state index < -0.39 is 9.84 Å². The third-order valence-corrected chi connectivity index (χ3v) is 8.89. The normalized spacial score (nSPS) is 22.4. The third kappa shape index (κ3) is 5.52. The van der Waals surface area contributed by atoms with Crippen LogP contribution in [0, 0.1) is 0 Å². The fraction of sp³-hybridized carbons (Fsp3) is 0.417. The zero-order valence-electron chi connectivity index (χ0n) is 18.8. The number of rotatable bonds is 8. The summed E-state index contributed by atoms with van der Waals surface area (Å²) in [6.07, 6.45) is 2.10. The van der Waals surface area contributed by atoms with Crippen LogP contribution < -0.4 is 14.4 Å². The van der Waals surface area contributed by atoms with Gasteiger partial charge in [-0.1, -0.05) is 49.4 Å². The van der Waals surface area contributed by atoms with Crippen LogP contribution in [0.2, 0.25) is 0 Å². The number of anilines is 1. The van der Waals surface area contributed by atoms with E-state index >= 15 is 0 Å². The molecular weight excluding hydrogens is 460 g/mol. The van der Waals surface area contributed by atoms with Gasteiger partial charge in [-0.15, -0.1) is 0 Å². The molecule has 1 amide bonds. The van der Waals surface area contributed by atoms with Crippen LogP contribution in [0.1, 0.15) is 25.3 Å². The molecule has 0 radical (unpaired) electrons. The highest BCUT2D eigenvalue weighted by Crippen LogP contribution is 2.41. The summed E-state index contributed by atoms with van der Waals surface area (Å²) in [6, 6.07) is 14.7. The van der Waals surface area contributed by atoms with Gasteiger partial charge in [0.2, 0.25) is 0 Å². The summed E-state index contributed by atoms with van der Waals surface area (Å²) in [7, 11) is -1.56. The molecule has 176 valence electrons. The van der Waals surface area contributed by atoms with E-state index in [2.05, 4.69) is 11.9 Å². The van der Waals surface area contributed by atoms with E-state index in [0.717, 1.165) is 29.8 Å². The molecule has 2 aromatic carbocycles. The summed E-state index contributed by atoms with van der Waals surface area (Å²) in [5, 5.41) is 0.378. The SMILES string of the molecule is CCCCOc1cccc(N2C(=NC(=O)Cc3ccccc3OC)S[C@@H]3CS(=O)(=O)C[C@@H]32)c1. The van der Waals surface area contributed by atoms with Crippen LogP contribution in [0.15, 0.2) is 53.5 Å². The molecule has 33 heavy (non-hydrogen) atoms. The number of methoxy groups -OCH3 is 1. The molecule has 4 rings (SSSR count). The first kappa shape index (κ1) is 23.6. The average molecular weight is 489 g/mol. The van der Waals surface area contributed by atoms with E-state index in [4.69, 9.17) is 9.47 Å². The van der Waals surface area contributed by atoms with Crippen LogP contribution in [0.3, 0.4) is 0 Å². The number of carbonyl (C=O) groups excluding carboxylic acids is 1. The van der Waals surface area contributed by atoms with Crippen molar-refractivity contribution in [1.82, 2.24) is 0 Å². The Morgan fingerprint density at radius 3 is 2.79 bits per heavy atom. The van der Waals surface area contributed by atoms with Crippen molar-refractivity contribution < 1.29 is 22.7 Å². The van der Waals surface area contributed by atoms with Gasteiger partial charge in [0.15, 0.2) is 15.0 Å². The quantitative estimate of drug-likeness (QED) is 0.524. The Hall–Kier alpha value is -2.52. The van der Waals surface area contributed by atoms with Crippen LogP contribution in [0.25, 0.3) is 0 Å². The van der Waals surface area contributed by atoms with Crippen molar-refractivity contribution in [3.63, 3.8) is 0 Å². The summed E-state index contributed by atoms with van der Waals surface area (Å²) in [5.41, 5.74) is 1.54. The second-order valence-corrected chi connectivity index (χ2v) is 11.5. The highest BCUT2D eigenvalue weighted by Gasteiger charge is 2.49. The number of hydrogen-bond acceptors (Lipinski definition) is 6. The minimum absolute atomic E-state index is 0.0469. The Balaban J connectivity index is 1.61. The molecule has 2 aromatic rings. The number of unbranched alkanes of at least 4 members (excludes halogenated alkanes) is 1. The Bertz CT molecular complexity index is 1150. The number of fused-ring (bicyclic) bond motifs is 1. The lowest BCUT2D eigenvalue weighted by molar-refractivity contribution is -0.117. The summed E-state index contributed by atoms with van der Waals surface area (Å²) in [5.74, 6) is 1.19. The lowest BCUT2D eigenvalue weighted by atomic mass is 10.1. The van der Waals surface area contributed by atoms with Crippen molar-refractivity contribution in [1.29, 1.82) is 0 Å². The van der Waals surface area contributed by atoms with Crippen molar-refractivity contribution in [2.24, 2.45) is 4.99 Å². The molecule has 0 aliphatic carbocycles. The average Bonchev–Trinajstić information content (AvgIpc) is 3.25. The largest absolute Gasteiger partial charge is 0.496 e. The van der Waals surface area contributed by atoms with E-state index in [1.165, 1.54) is 11.8 Å². The smallest absolute Gasteiger partial charge is 0.252 e. The van der Waals surface area contributed by atoms with Gasteiger partial charge >= 0.3 is 0 Å². The molecule has 0 bridgehead atoms. The molecule has 0 saturated carbocycles. The van der Waals surface area contributed by atoms with E-state index in [0.29, 0.717) is 17.5 Å². The molecule has 2 heterocycles. The number of aliphatic imine (C=N–C) groups is 1. The molecule has 2 fully saturated rings. The minimum atomic E-state index is -3.13. The van der Waals surface area contributed by atoms with E-state index in [1.54, 1.807) is 7.11 Å². The molecule has 2 aliphatic rings. The molecule has 2 aliphatic heterocycles. The van der Waals surface area contributed by atoms with E-state index in [-0.39, 0.29) is 35.1 Å². The summed E-state index contributed by atoms with van der Waals surface area (Å²) in [6.45, 7) is 2.72. The molecule has 0 N–H and O–H groups in total. The zero-order valence-corrected chi connectivity index (χ0v) is 20.4. The van der Waals surface area contributed by atoms with Gasteiger partial charge < -0.3 is 14.4 Å². The number of para-hydroxylation sites is 1. The number of thioether (sulfide) groups is 1. The molecule has 2 saturated heterocycles. The number of amides is 1. The van der Waals surface area contributed by atoms with Crippen molar-refractivity contribution >= 4 is 38.4 Å². The van der Waals surface area contributed by atoms with Gasteiger partial charge in [-0.2, -0.15) is 4.99 Å². The zero-order chi connectivity index (χ0) is 23.4. The van der Waals surface area contributed by atoms with Crippen LogP contribution in [-0.2, 0) is 21.1 Å². The molecular formula is C24H28N2O5S2. The maximum Gasteiger partial charge on any atom is 0.252 e. The van der Waals surface area contributed by atoms with Gasteiger partial charge in [-0.25, -0.2) is 8.42 Å². The Kier molecular flexibility index (Phi) is 7.29. The van der Waals surface area contributed by atoms with Crippen molar-refractivity contribution in [2.75, 3.05) is 30.1 Å². The van der Waals surface area contributed by atoms with Crippen LogP contribution >= 0.6 is 11.8 Å². The first-order valence-electron chi connectivity index (χ1n) is 11.0. The summed E-state index contributed by atoms with van der Waals surface area (Å²) in [4.78, 5) is 19.2. The van der Waals surface area contributed by atoms with Crippen LogP contribution in [-0.4, -0.2) is 56.0 Å². The lowest BCUT2D eigenvalue weighted by Crippen LogP contribution is -2.37. The predicted molar refractivity (Wildman–Crippen MR) is 132 cm³/mol. The molecule has 0 unspecified atom stereocenters. The van der Waals surface area contributed by atoms with Gasteiger partial charge in [0.25, 0.3) is 5.91 Å². The van der Waals surface area contributed by atoms with Gasteiger partial charge in [-0.3, -0.25) is 4.79 Å². The molecule has 9 heteroatoms. The number of sulfone groups is 1. The van der Waals surface area contributed by atoms with Crippen LogP contribution in [0.4, 0.5) is 5.69 Å². The monoisotopic (exact) mass is 488 g/mol. The van der Waals surface area contributed by atoms with Crippen LogP contribution in [0.5, 0.6) is 11.5 Å². The Labute approximate surface area is 199 Å². The fourth-order valence-electron chi connectivity index (χ4n) is 4.08. The van der Waals surface area contributed by atoms with Gasteiger partial charge in [0.1, 0.15) is 11.5 Å². The Morgan fingerprint density at radius 1 is 1.18 bits per heavy atom. The van der Waals surface area contributed by atoms with Gasteiger partial charge in [-0.05, 0) is 24.6 Å². The number of hydrogen-bond donors (Lipinski definition) is 0. The van der Waals surface area contributed by atoms with E-state index in [1.807, 2.05) is 53.4 Å². The third-order valence-electron chi connectivity index (χ3n) is 5.68. The number of nitrogens with zero attached hydrogens (tertiary/aromatic N) is 2. The van der Waals surface area contributed by atoms with Crippen molar-refractivity contribution in [3.8, 4) is 11.5 Å². The first-order valence-corrected chi connectivity index (χ1v) is 13.7. The molecule has 7 nitrogen and oxygen atoms in total. The van der Waals surface area contributed by atoms with Gasteiger partial charge in [0.05, 0.1) is 37.7 Å². The highest BCUT2D eigenvalue weighted by atomic mass is 32.2. The molecule has 0 spiro atoms. The Morgan fingerprint density at radius 2 is 2.00 bits per heavy atom. The topological polar surface area (TPSA) is 85.3 Å². The maximum atomic E-state index is 12.9. The molecule has 0 aromatic heterocycles. The second kappa shape index (κ2) is 10.2. The van der Waals surface area contributed by atoms with Crippen molar-refractivity contribution in [2.45, 2.75) is 37.5 Å². The second-order valence-electron chi connectivity index (χ2n) is 8.15. The minimum Gasteiger partial charge on any atom is -0.496 e. The van der Waals surface area contributed by atoms with E-state index in [9.17, 15) is 13.2 Å². The van der Waals surface area contributed by atoms with Gasteiger partial charge in [0, 0.05) is 22.6 Å². The molecule has 2 atom stereocenters.